The van der Waals surface area contributed by atoms with Crippen LogP contribution in [0.3, 0.4) is 0 Å². The Morgan fingerprint density at radius 3 is 2.62 bits per heavy atom. The summed E-state index contributed by atoms with van der Waals surface area (Å²) in [7, 11) is -3.36. The summed E-state index contributed by atoms with van der Waals surface area (Å²) >= 11 is 0. The maximum atomic E-state index is 13.0. The normalized spacial score (nSPS) is 30.6. The van der Waals surface area contributed by atoms with Crippen molar-refractivity contribution in [3.05, 3.63) is 29.3 Å². The van der Waals surface area contributed by atoms with Crippen LogP contribution >= 0.6 is 0 Å². The fourth-order valence-electron chi connectivity index (χ4n) is 5.06. The number of aryl methyl sites for hydroxylation is 1. The van der Waals surface area contributed by atoms with Crippen molar-refractivity contribution in [3.63, 3.8) is 0 Å². The second-order valence-electron chi connectivity index (χ2n) is 8.52. The molecule has 3 heterocycles. The van der Waals surface area contributed by atoms with Crippen molar-refractivity contribution in [2.24, 2.45) is 0 Å². The monoisotopic (exact) mass is 422 g/mol. The zero-order valence-electron chi connectivity index (χ0n) is 17.1. The molecule has 1 unspecified atom stereocenters. The second-order valence-corrected chi connectivity index (χ2v) is 10.3. The molecule has 7 nitrogen and oxygen atoms in total. The molecule has 2 atom stereocenters. The predicted molar refractivity (Wildman–Crippen MR) is 110 cm³/mol. The van der Waals surface area contributed by atoms with Crippen molar-refractivity contribution in [2.75, 3.05) is 26.0 Å². The average molecular weight is 423 g/mol. The Balaban J connectivity index is 1.61. The Bertz CT molecular complexity index is 864. The van der Waals surface area contributed by atoms with E-state index in [2.05, 4.69) is 17.7 Å². The lowest BCUT2D eigenvalue weighted by Crippen LogP contribution is -2.50. The molecule has 1 saturated carbocycles. The largest absolute Gasteiger partial charge is 0.483 e. The number of benzene rings is 1. The smallest absolute Gasteiger partial charge is 0.260 e. The quantitative estimate of drug-likeness (QED) is 0.787. The number of hydrogen-bond acceptors (Lipinski definition) is 5. The lowest BCUT2D eigenvalue weighted by molar-refractivity contribution is -0.136. The van der Waals surface area contributed by atoms with E-state index < -0.39 is 10.0 Å². The van der Waals surface area contributed by atoms with E-state index in [1.54, 1.807) is 4.90 Å². The van der Waals surface area contributed by atoms with E-state index in [1.165, 1.54) is 11.1 Å². The van der Waals surface area contributed by atoms with E-state index in [0.717, 1.165) is 37.7 Å². The van der Waals surface area contributed by atoms with Crippen LogP contribution in [0.25, 0.3) is 0 Å². The average Bonchev–Trinajstić information content (AvgIpc) is 3.05. The fourth-order valence-corrected chi connectivity index (χ4v) is 5.88. The van der Waals surface area contributed by atoms with Gasteiger partial charge in [-0.15, -0.1) is 0 Å². The van der Waals surface area contributed by atoms with Gasteiger partial charge in [0.2, 0.25) is 10.0 Å². The first-order valence-corrected chi connectivity index (χ1v) is 12.3. The molecule has 5 rings (SSSR count). The minimum atomic E-state index is -3.36. The van der Waals surface area contributed by atoms with Gasteiger partial charge in [0, 0.05) is 18.2 Å². The third-order valence-electron chi connectivity index (χ3n) is 6.45. The first kappa shape index (κ1) is 20.6. The van der Waals surface area contributed by atoms with Crippen LogP contribution in [0.5, 0.6) is 5.75 Å². The maximum Gasteiger partial charge on any atom is 0.260 e. The number of nitrogens with one attached hydrogen (secondary N) is 1. The highest BCUT2D eigenvalue weighted by Crippen LogP contribution is 2.40. The number of carbonyl (C=O) groups excluding carboxylic acids is 1. The highest BCUT2D eigenvalue weighted by atomic mass is 32.2. The number of hydrogen-bond donors (Lipinski definition) is 1. The third-order valence-corrected chi connectivity index (χ3v) is 7.18. The number of sulfonamides is 1. The van der Waals surface area contributed by atoms with Crippen LogP contribution in [0.2, 0.25) is 0 Å². The molecule has 160 valence electrons. The Morgan fingerprint density at radius 1 is 1.14 bits per heavy atom. The zero-order chi connectivity index (χ0) is 20.6. The summed E-state index contributed by atoms with van der Waals surface area (Å²) in [6.45, 7) is 2.90. The number of amides is 1. The van der Waals surface area contributed by atoms with Crippen LogP contribution in [0.4, 0.5) is 0 Å². The van der Waals surface area contributed by atoms with Crippen molar-refractivity contribution in [1.29, 1.82) is 0 Å². The summed E-state index contributed by atoms with van der Waals surface area (Å²) in [5.74, 6) is 1.08. The van der Waals surface area contributed by atoms with Crippen LogP contribution in [0, 0.1) is 6.92 Å². The molecule has 29 heavy (non-hydrogen) atoms. The van der Waals surface area contributed by atoms with Crippen molar-refractivity contribution in [3.8, 4) is 5.75 Å². The van der Waals surface area contributed by atoms with Crippen molar-refractivity contribution in [1.82, 2.24) is 9.62 Å². The number of rotatable bonds is 2. The van der Waals surface area contributed by atoms with Crippen LogP contribution in [0.1, 0.15) is 49.1 Å². The maximum absolute atomic E-state index is 13.0. The SMILES string of the molecule is Cc1cccc2c1C1CCC(CC1)OC[C@H]1C(NS(C)(=O)=O)CCN1C(=O)CO2. The number of carbonyl (C=O) groups is 1. The molecule has 1 aromatic rings. The Morgan fingerprint density at radius 2 is 1.90 bits per heavy atom. The Kier molecular flexibility index (Phi) is 5.86. The van der Waals surface area contributed by atoms with Crippen LogP contribution < -0.4 is 9.46 Å². The molecule has 0 radical (unpaired) electrons. The van der Waals surface area contributed by atoms with Crippen molar-refractivity contribution in [2.45, 2.75) is 63.1 Å². The molecular weight excluding hydrogens is 392 g/mol. The molecule has 1 aromatic carbocycles. The lowest BCUT2D eigenvalue weighted by Gasteiger charge is -2.32. The molecule has 1 N–H and O–H groups in total. The Labute approximate surface area is 172 Å². The molecule has 4 aliphatic rings. The summed E-state index contributed by atoms with van der Waals surface area (Å²) in [6.07, 6.45) is 5.86. The molecule has 1 saturated heterocycles. The zero-order valence-corrected chi connectivity index (χ0v) is 17.9. The van der Waals surface area contributed by atoms with Gasteiger partial charge < -0.3 is 14.4 Å². The van der Waals surface area contributed by atoms with E-state index in [-0.39, 0.29) is 30.7 Å². The predicted octanol–water partition coefficient (Wildman–Crippen LogP) is 1.95. The van der Waals surface area contributed by atoms with Gasteiger partial charge in [0.1, 0.15) is 5.75 Å². The highest BCUT2D eigenvalue weighted by molar-refractivity contribution is 7.88. The first-order chi connectivity index (χ1) is 13.8. The van der Waals surface area contributed by atoms with E-state index in [1.807, 2.05) is 12.1 Å². The molecule has 0 spiro atoms. The van der Waals surface area contributed by atoms with E-state index in [0.29, 0.717) is 25.5 Å². The van der Waals surface area contributed by atoms with Crippen LogP contribution in [0.15, 0.2) is 18.2 Å². The first-order valence-electron chi connectivity index (χ1n) is 10.4. The van der Waals surface area contributed by atoms with Gasteiger partial charge >= 0.3 is 0 Å². The molecule has 2 bridgehead atoms. The van der Waals surface area contributed by atoms with E-state index >= 15 is 0 Å². The highest BCUT2D eigenvalue weighted by Gasteiger charge is 2.40. The van der Waals surface area contributed by atoms with Gasteiger partial charge in [0.15, 0.2) is 6.61 Å². The molecule has 8 heteroatoms. The molecule has 3 aliphatic heterocycles. The molecule has 0 aromatic heterocycles. The van der Waals surface area contributed by atoms with Gasteiger partial charge in [0.05, 0.1) is 25.0 Å². The lowest BCUT2D eigenvalue weighted by atomic mass is 9.80. The minimum Gasteiger partial charge on any atom is -0.483 e. The van der Waals surface area contributed by atoms with E-state index in [4.69, 9.17) is 9.47 Å². The van der Waals surface area contributed by atoms with Gasteiger partial charge in [-0.05, 0) is 56.6 Å². The number of nitrogens with zero attached hydrogens (tertiary/aromatic N) is 1. The topological polar surface area (TPSA) is 84.9 Å². The van der Waals surface area contributed by atoms with Gasteiger partial charge in [0.25, 0.3) is 5.91 Å². The minimum absolute atomic E-state index is 0.0469. The fraction of sp³-hybridized carbons (Fsp3) is 0.667. The van der Waals surface area contributed by atoms with Crippen LogP contribution in [-0.4, -0.2) is 63.4 Å². The molecule has 1 aliphatic carbocycles. The van der Waals surface area contributed by atoms with Gasteiger partial charge in [-0.2, -0.15) is 0 Å². The summed E-state index contributed by atoms with van der Waals surface area (Å²) in [6, 6.07) is 5.38. The van der Waals surface area contributed by atoms with Gasteiger partial charge in [-0.25, -0.2) is 13.1 Å². The van der Waals surface area contributed by atoms with E-state index in [9.17, 15) is 13.2 Å². The molecule has 1 amide bonds. The Hall–Kier alpha value is -1.64. The van der Waals surface area contributed by atoms with Gasteiger partial charge in [-0.3, -0.25) is 4.79 Å². The standard InChI is InChI=1S/C21H30N2O5S/c1-14-4-3-5-19-21(14)15-6-8-16(9-7-15)27-12-18-17(22-29(2,25)26)10-11-23(18)20(24)13-28-19/h3-5,15-18,22H,6-13H2,1-2H3/t15?,16?,17?,18-/m0/s1. The van der Waals surface area contributed by atoms with Crippen molar-refractivity contribution < 1.29 is 22.7 Å². The third kappa shape index (κ3) is 4.59. The summed E-state index contributed by atoms with van der Waals surface area (Å²) < 4.78 is 38.5. The summed E-state index contributed by atoms with van der Waals surface area (Å²) in [5, 5.41) is 0. The number of fused-ring (bicyclic) bond motifs is 5. The summed E-state index contributed by atoms with van der Waals surface area (Å²) in [4.78, 5) is 14.7. The number of ether oxygens (including phenoxy) is 2. The molecule has 2 fully saturated rings. The summed E-state index contributed by atoms with van der Waals surface area (Å²) in [5.41, 5.74) is 2.42. The van der Waals surface area contributed by atoms with Crippen LogP contribution in [-0.2, 0) is 19.6 Å². The second kappa shape index (κ2) is 8.24. The molecular formula is C21H30N2O5S. The van der Waals surface area contributed by atoms with Crippen molar-refractivity contribution >= 4 is 15.9 Å². The van der Waals surface area contributed by atoms with Gasteiger partial charge in [-0.1, -0.05) is 12.1 Å².